The van der Waals surface area contributed by atoms with E-state index in [1.165, 1.54) is 17.7 Å². The van der Waals surface area contributed by atoms with Crippen LogP contribution < -0.4 is 10.1 Å². The molecule has 0 fully saturated rings. The number of hydrogen-bond donors (Lipinski definition) is 1. The van der Waals surface area contributed by atoms with Crippen molar-refractivity contribution >= 4 is 5.91 Å². The van der Waals surface area contributed by atoms with Gasteiger partial charge in [0.05, 0.1) is 0 Å². The van der Waals surface area contributed by atoms with Gasteiger partial charge in [-0.2, -0.15) is 4.98 Å². The highest BCUT2D eigenvalue weighted by Crippen LogP contribution is 2.20. The highest BCUT2D eigenvalue weighted by atomic mass is 19.1. The molecule has 0 aliphatic heterocycles. The van der Waals surface area contributed by atoms with Gasteiger partial charge in [0.15, 0.2) is 12.4 Å². The molecule has 0 saturated heterocycles. The number of carbonyl (C=O) groups excluding carboxylic acids is 1. The molecular weight excluding hydrogens is 357 g/mol. The van der Waals surface area contributed by atoms with Crippen molar-refractivity contribution in [3.63, 3.8) is 0 Å². The quantitative estimate of drug-likeness (QED) is 0.677. The number of carbonyl (C=O) groups is 1. The third-order valence-corrected chi connectivity index (χ3v) is 4.16. The van der Waals surface area contributed by atoms with Crippen molar-refractivity contribution in [2.24, 2.45) is 0 Å². The maximum Gasteiger partial charge on any atom is 0.258 e. The summed E-state index contributed by atoms with van der Waals surface area (Å²) in [4.78, 5) is 20.8. The minimum Gasteiger partial charge on any atom is -0.467 e. The third-order valence-electron chi connectivity index (χ3n) is 4.16. The maximum absolute atomic E-state index is 13.5. The van der Waals surface area contributed by atoms with E-state index < -0.39 is 0 Å². The van der Waals surface area contributed by atoms with Gasteiger partial charge in [-0.3, -0.25) is 4.79 Å². The van der Waals surface area contributed by atoms with Crippen LogP contribution in [0.5, 0.6) is 5.88 Å². The second-order valence-corrected chi connectivity index (χ2v) is 6.44. The molecule has 1 heterocycles. The number of halogens is 1. The van der Waals surface area contributed by atoms with Crippen molar-refractivity contribution in [3.8, 4) is 17.3 Å². The molecule has 6 heteroatoms. The highest BCUT2D eigenvalue weighted by Gasteiger charge is 2.10. The molecule has 2 aromatic carbocycles. The molecule has 0 atom stereocenters. The monoisotopic (exact) mass is 379 g/mol. The normalized spacial score (nSPS) is 10.5. The van der Waals surface area contributed by atoms with Crippen molar-refractivity contribution in [1.82, 2.24) is 15.3 Å². The van der Waals surface area contributed by atoms with E-state index in [2.05, 4.69) is 15.3 Å². The van der Waals surface area contributed by atoms with Gasteiger partial charge in [-0.05, 0) is 31.0 Å². The first-order chi connectivity index (χ1) is 13.5. The van der Waals surface area contributed by atoms with Crippen LogP contribution in [-0.4, -0.2) is 22.5 Å². The van der Waals surface area contributed by atoms with Gasteiger partial charge in [-0.1, -0.05) is 48.9 Å². The summed E-state index contributed by atoms with van der Waals surface area (Å²) in [6.07, 6.45) is 0.667. The Morgan fingerprint density at radius 1 is 1.11 bits per heavy atom. The average molecular weight is 379 g/mol. The van der Waals surface area contributed by atoms with E-state index in [0.717, 1.165) is 11.3 Å². The molecule has 144 valence electrons. The lowest BCUT2D eigenvalue weighted by atomic mass is 10.1. The van der Waals surface area contributed by atoms with E-state index in [0.29, 0.717) is 24.4 Å². The Bertz CT molecular complexity index is 958. The number of rotatable bonds is 7. The molecule has 1 aromatic heterocycles. The molecule has 1 amide bonds. The van der Waals surface area contributed by atoms with Gasteiger partial charge in [-0.25, -0.2) is 9.37 Å². The molecule has 0 aliphatic carbocycles. The van der Waals surface area contributed by atoms with Gasteiger partial charge in [0, 0.05) is 23.9 Å². The largest absolute Gasteiger partial charge is 0.467 e. The lowest BCUT2D eigenvalue weighted by molar-refractivity contribution is -0.123. The van der Waals surface area contributed by atoms with Crippen LogP contribution in [0.1, 0.15) is 23.7 Å². The predicted octanol–water partition coefficient (Wildman–Crippen LogP) is 3.85. The van der Waals surface area contributed by atoms with E-state index in [-0.39, 0.29) is 24.2 Å². The van der Waals surface area contributed by atoms with Crippen molar-refractivity contribution in [1.29, 1.82) is 0 Å². The Labute approximate surface area is 163 Å². The minimum atomic E-state index is -0.360. The van der Waals surface area contributed by atoms with Crippen molar-refractivity contribution in [2.45, 2.75) is 26.8 Å². The highest BCUT2D eigenvalue weighted by molar-refractivity contribution is 5.77. The van der Waals surface area contributed by atoms with Gasteiger partial charge in [-0.15, -0.1) is 0 Å². The van der Waals surface area contributed by atoms with Crippen molar-refractivity contribution < 1.29 is 13.9 Å². The number of nitrogens with zero attached hydrogens (tertiary/aromatic N) is 2. The number of amides is 1. The molecule has 0 unspecified atom stereocenters. The van der Waals surface area contributed by atoms with Crippen LogP contribution in [-0.2, 0) is 17.8 Å². The molecular formula is C22H22FN3O2. The third kappa shape index (κ3) is 5.36. The topological polar surface area (TPSA) is 64.1 Å². The molecule has 1 N–H and O–H groups in total. The van der Waals surface area contributed by atoms with Crippen molar-refractivity contribution in [3.05, 3.63) is 77.2 Å². The van der Waals surface area contributed by atoms with E-state index >= 15 is 0 Å². The van der Waals surface area contributed by atoms with E-state index in [9.17, 15) is 9.18 Å². The van der Waals surface area contributed by atoms with Crippen LogP contribution in [0.4, 0.5) is 4.39 Å². The number of aromatic nitrogens is 2. The minimum absolute atomic E-state index is 0.158. The lowest BCUT2D eigenvalue weighted by Crippen LogP contribution is -2.28. The molecule has 3 aromatic rings. The van der Waals surface area contributed by atoms with Gasteiger partial charge >= 0.3 is 0 Å². The summed E-state index contributed by atoms with van der Waals surface area (Å²) in [7, 11) is 0. The Morgan fingerprint density at radius 3 is 2.61 bits per heavy atom. The second-order valence-electron chi connectivity index (χ2n) is 6.44. The zero-order chi connectivity index (χ0) is 19.9. The van der Waals surface area contributed by atoms with Gasteiger partial charge in [0.25, 0.3) is 5.91 Å². The summed E-state index contributed by atoms with van der Waals surface area (Å²) in [5.74, 6) is 0.0519. The smallest absolute Gasteiger partial charge is 0.258 e. The first-order valence-corrected chi connectivity index (χ1v) is 9.12. The predicted molar refractivity (Wildman–Crippen MR) is 105 cm³/mol. The van der Waals surface area contributed by atoms with E-state index in [1.54, 1.807) is 18.2 Å². The second kappa shape index (κ2) is 9.08. The summed E-state index contributed by atoms with van der Waals surface area (Å²) >= 11 is 0. The van der Waals surface area contributed by atoms with Gasteiger partial charge in [0.2, 0.25) is 5.88 Å². The fourth-order valence-electron chi connectivity index (χ4n) is 2.58. The van der Waals surface area contributed by atoms with Crippen LogP contribution in [0.2, 0.25) is 0 Å². The Morgan fingerprint density at radius 2 is 1.89 bits per heavy atom. The van der Waals surface area contributed by atoms with Crippen LogP contribution >= 0.6 is 0 Å². The number of benzene rings is 2. The number of hydrogen-bond acceptors (Lipinski definition) is 4. The summed E-state index contributed by atoms with van der Waals surface area (Å²) in [6, 6.07) is 15.7. The van der Waals surface area contributed by atoms with Crippen LogP contribution in [0.15, 0.2) is 54.6 Å². The molecule has 0 aliphatic rings. The zero-order valence-corrected chi connectivity index (χ0v) is 15.9. The summed E-state index contributed by atoms with van der Waals surface area (Å²) < 4.78 is 19.1. The first-order valence-electron chi connectivity index (χ1n) is 9.12. The SMILES string of the molecule is CCc1cc(OCC(=O)NCc2ccc(C)cc2)nc(-c2cccc(F)c2)n1. The fourth-order valence-corrected chi connectivity index (χ4v) is 2.58. The molecule has 5 nitrogen and oxygen atoms in total. The summed E-state index contributed by atoms with van der Waals surface area (Å²) in [6.45, 7) is 4.24. The van der Waals surface area contributed by atoms with Crippen molar-refractivity contribution in [2.75, 3.05) is 6.61 Å². The molecule has 0 saturated carbocycles. The summed E-state index contributed by atoms with van der Waals surface area (Å²) in [5, 5.41) is 2.81. The number of nitrogens with one attached hydrogen (secondary N) is 1. The number of ether oxygens (including phenoxy) is 1. The first kappa shape index (κ1) is 19.5. The number of aryl methyl sites for hydroxylation is 2. The Hall–Kier alpha value is -3.28. The Kier molecular flexibility index (Phi) is 6.32. The van der Waals surface area contributed by atoms with Gasteiger partial charge in [0.1, 0.15) is 5.82 Å². The molecule has 0 spiro atoms. The van der Waals surface area contributed by atoms with Crippen LogP contribution in [0.3, 0.4) is 0 Å². The molecule has 0 bridgehead atoms. The molecule has 0 radical (unpaired) electrons. The zero-order valence-electron chi connectivity index (χ0n) is 15.9. The average Bonchev–Trinajstić information content (AvgIpc) is 2.71. The fraction of sp³-hybridized carbons (Fsp3) is 0.227. The summed E-state index contributed by atoms with van der Waals surface area (Å²) in [5.41, 5.74) is 3.50. The van der Waals surface area contributed by atoms with Crippen LogP contribution in [0.25, 0.3) is 11.4 Å². The standard InChI is InChI=1S/C22H22FN3O2/c1-3-19-12-21(26-22(25-19)17-5-4-6-18(23)11-17)28-14-20(27)24-13-16-9-7-15(2)8-10-16/h4-12H,3,13-14H2,1-2H3,(H,24,27). The van der Waals surface area contributed by atoms with E-state index in [4.69, 9.17) is 4.74 Å². The molecule has 28 heavy (non-hydrogen) atoms. The van der Waals surface area contributed by atoms with Crippen LogP contribution in [0, 0.1) is 12.7 Å². The molecule has 3 rings (SSSR count). The lowest BCUT2D eigenvalue weighted by Gasteiger charge is -2.10. The van der Waals surface area contributed by atoms with E-state index in [1.807, 2.05) is 38.1 Å². The van der Waals surface area contributed by atoms with Gasteiger partial charge < -0.3 is 10.1 Å². The maximum atomic E-state index is 13.5. The Balaban J connectivity index is 1.64.